The average molecular weight is 377 g/mol. The van der Waals surface area contributed by atoms with Crippen LogP contribution in [-0.2, 0) is 14.8 Å². The first-order chi connectivity index (χ1) is 12.1. The van der Waals surface area contributed by atoms with E-state index in [-0.39, 0.29) is 16.3 Å². The van der Waals surface area contributed by atoms with Gasteiger partial charge in [0.1, 0.15) is 0 Å². The number of nitrogens with zero attached hydrogens (tertiary/aromatic N) is 1. The highest BCUT2D eigenvalue weighted by molar-refractivity contribution is 7.89. The topological polar surface area (TPSA) is 118 Å². The van der Waals surface area contributed by atoms with E-state index in [2.05, 4.69) is 10.0 Å². The highest BCUT2D eigenvalue weighted by Crippen LogP contribution is 2.25. The minimum atomic E-state index is -3.86. The fraction of sp³-hybridized carbons (Fsp3) is 0.235. The largest absolute Gasteiger partial charge is 0.324 e. The number of hydrogen-bond donors (Lipinski definition) is 2. The van der Waals surface area contributed by atoms with Crippen LogP contribution in [0.2, 0.25) is 0 Å². The third kappa shape index (κ3) is 4.44. The summed E-state index contributed by atoms with van der Waals surface area (Å²) < 4.78 is 27.0. The summed E-state index contributed by atoms with van der Waals surface area (Å²) in [6.07, 6.45) is 0. The molecule has 0 aromatic heterocycles. The van der Waals surface area contributed by atoms with Gasteiger partial charge in [-0.3, -0.25) is 14.9 Å². The fourth-order valence-corrected chi connectivity index (χ4v) is 3.47. The highest BCUT2D eigenvalue weighted by atomic mass is 32.2. The van der Waals surface area contributed by atoms with Gasteiger partial charge in [-0.05, 0) is 39.0 Å². The Balaban J connectivity index is 2.14. The van der Waals surface area contributed by atoms with Crippen molar-refractivity contribution in [3.63, 3.8) is 0 Å². The van der Waals surface area contributed by atoms with E-state index in [9.17, 15) is 23.3 Å². The second-order valence-electron chi connectivity index (χ2n) is 5.85. The molecule has 0 aliphatic heterocycles. The van der Waals surface area contributed by atoms with Crippen molar-refractivity contribution in [1.82, 2.24) is 4.72 Å². The summed E-state index contributed by atoms with van der Waals surface area (Å²) in [5.41, 5.74) is 1.33. The van der Waals surface area contributed by atoms with Gasteiger partial charge in [0.2, 0.25) is 15.9 Å². The smallest absolute Gasteiger partial charge is 0.274 e. The minimum Gasteiger partial charge on any atom is -0.324 e. The molecular formula is C17H19N3O5S. The lowest BCUT2D eigenvalue weighted by molar-refractivity contribution is -0.385. The second kappa shape index (κ2) is 7.63. The van der Waals surface area contributed by atoms with Gasteiger partial charge in [-0.2, -0.15) is 4.72 Å². The Hall–Kier alpha value is -2.78. The Kier molecular flexibility index (Phi) is 5.73. The summed E-state index contributed by atoms with van der Waals surface area (Å²) >= 11 is 0. The number of carbonyl (C=O) groups excluding carboxylic acids is 1. The predicted octanol–water partition coefficient (Wildman–Crippen LogP) is 2.52. The minimum absolute atomic E-state index is 0.0503. The van der Waals surface area contributed by atoms with Crippen LogP contribution in [0.1, 0.15) is 18.1 Å². The molecule has 9 heteroatoms. The number of benzene rings is 2. The van der Waals surface area contributed by atoms with E-state index in [4.69, 9.17) is 0 Å². The molecule has 0 saturated carbocycles. The number of anilines is 1. The molecule has 0 unspecified atom stereocenters. The molecule has 1 atom stereocenters. The zero-order chi connectivity index (χ0) is 19.5. The first-order valence-corrected chi connectivity index (χ1v) is 9.24. The van der Waals surface area contributed by atoms with Crippen LogP contribution >= 0.6 is 0 Å². The standard InChI is InChI=1S/C17H19N3O5S/c1-11-7-9-14(10-8-11)26(24,25)19-13(3)17(21)18-15-5-4-6-16(12(15)2)20(22)23/h4-10,13,19H,1-3H3,(H,18,21)/t13-/m1/s1. The highest BCUT2D eigenvalue weighted by Gasteiger charge is 2.23. The number of nitro groups is 1. The van der Waals surface area contributed by atoms with Crippen LogP contribution in [0, 0.1) is 24.0 Å². The maximum Gasteiger partial charge on any atom is 0.274 e. The van der Waals surface area contributed by atoms with Gasteiger partial charge in [0.15, 0.2) is 0 Å². The van der Waals surface area contributed by atoms with Crippen molar-refractivity contribution in [2.24, 2.45) is 0 Å². The first-order valence-electron chi connectivity index (χ1n) is 7.75. The SMILES string of the molecule is Cc1ccc(S(=O)(=O)N[C@H](C)C(=O)Nc2cccc([N+](=O)[O-])c2C)cc1. The molecule has 1 amide bonds. The molecule has 0 saturated heterocycles. The number of hydrogen-bond acceptors (Lipinski definition) is 5. The summed E-state index contributed by atoms with van der Waals surface area (Å²) in [6.45, 7) is 4.74. The van der Waals surface area contributed by atoms with Crippen molar-refractivity contribution < 1.29 is 18.1 Å². The average Bonchev–Trinajstić information content (AvgIpc) is 2.56. The van der Waals surface area contributed by atoms with E-state index in [1.807, 2.05) is 6.92 Å². The Bertz CT molecular complexity index is 939. The van der Waals surface area contributed by atoms with Crippen LogP contribution in [0.5, 0.6) is 0 Å². The van der Waals surface area contributed by atoms with E-state index in [0.717, 1.165) is 5.56 Å². The van der Waals surface area contributed by atoms with Gasteiger partial charge in [0.25, 0.3) is 5.69 Å². The first kappa shape index (κ1) is 19.5. The van der Waals surface area contributed by atoms with Crippen LogP contribution in [0.3, 0.4) is 0 Å². The molecule has 0 aliphatic carbocycles. The molecule has 2 rings (SSSR count). The number of nitrogens with one attached hydrogen (secondary N) is 2. The normalized spacial score (nSPS) is 12.4. The third-order valence-corrected chi connectivity index (χ3v) is 5.37. The quantitative estimate of drug-likeness (QED) is 0.592. The molecule has 2 aromatic carbocycles. The number of nitro benzene ring substituents is 1. The van der Waals surface area contributed by atoms with Crippen LogP contribution in [-0.4, -0.2) is 25.3 Å². The zero-order valence-corrected chi connectivity index (χ0v) is 15.3. The summed E-state index contributed by atoms with van der Waals surface area (Å²) in [4.78, 5) is 22.8. The Morgan fingerprint density at radius 2 is 1.73 bits per heavy atom. The molecule has 0 spiro atoms. The molecule has 26 heavy (non-hydrogen) atoms. The lowest BCUT2D eigenvalue weighted by Crippen LogP contribution is -2.41. The molecular weight excluding hydrogens is 358 g/mol. The van der Waals surface area contributed by atoms with Gasteiger partial charge < -0.3 is 5.32 Å². The number of amides is 1. The molecule has 0 fully saturated rings. The maximum absolute atomic E-state index is 12.3. The lowest BCUT2D eigenvalue weighted by atomic mass is 10.1. The van der Waals surface area contributed by atoms with Crippen molar-refractivity contribution in [1.29, 1.82) is 0 Å². The molecule has 8 nitrogen and oxygen atoms in total. The van der Waals surface area contributed by atoms with Crippen molar-refractivity contribution >= 4 is 27.3 Å². The van der Waals surface area contributed by atoms with Crippen molar-refractivity contribution in [3.8, 4) is 0 Å². The monoisotopic (exact) mass is 377 g/mol. The molecule has 138 valence electrons. The molecule has 2 N–H and O–H groups in total. The van der Waals surface area contributed by atoms with Crippen LogP contribution in [0.25, 0.3) is 0 Å². The van der Waals surface area contributed by atoms with Crippen LogP contribution < -0.4 is 10.0 Å². The van der Waals surface area contributed by atoms with E-state index in [0.29, 0.717) is 5.56 Å². The van der Waals surface area contributed by atoms with Crippen molar-refractivity contribution in [2.45, 2.75) is 31.7 Å². The zero-order valence-electron chi connectivity index (χ0n) is 14.5. The molecule has 0 heterocycles. The van der Waals surface area contributed by atoms with Gasteiger partial charge in [0.05, 0.1) is 27.1 Å². The summed E-state index contributed by atoms with van der Waals surface area (Å²) in [6, 6.07) is 9.44. The Labute approximate surface area is 151 Å². The van der Waals surface area contributed by atoms with Gasteiger partial charge in [-0.1, -0.05) is 23.8 Å². The third-order valence-electron chi connectivity index (χ3n) is 3.82. The van der Waals surface area contributed by atoms with Crippen molar-refractivity contribution in [2.75, 3.05) is 5.32 Å². The number of carbonyl (C=O) groups is 1. The lowest BCUT2D eigenvalue weighted by Gasteiger charge is -2.15. The summed E-state index contributed by atoms with van der Waals surface area (Å²) in [7, 11) is -3.86. The summed E-state index contributed by atoms with van der Waals surface area (Å²) in [5.74, 6) is -0.621. The van der Waals surface area contributed by atoms with Gasteiger partial charge in [-0.25, -0.2) is 8.42 Å². The van der Waals surface area contributed by atoms with Gasteiger partial charge in [-0.15, -0.1) is 0 Å². The molecule has 0 bridgehead atoms. The molecule has 2 aromatic rings. The Morgan fingerprint density at radius 3 is 2.31 bits per heavy atom. The maximum atomic E-state index is 12.3. The number of sulfonamides is 1. The van der Waals surface area contributed by atoms with E-state index in [1.54, 1.807) is 12.1 Å². The van der Waals surface area contributed by atoms with Gasteiger partial charge in [0, 0.05) is 6.07 Å². The summed E-state index contributed by atoms with van der Waals surface area (Å²) in [5, 5.41) is 13.5. The van der Waals surface area contributed by atoms with Crippen molar-refractivity contribution in [3.05, 3.63) is 63.7 Å². The Morgan fingerprint density at radius 1 is 1.12 bits per heavy atom. The van der Waals surface area contributed by atoms with Gasteiger partial charge >= 0.3 is 0 Å². The van der Waals surface area contributed by atoms with E-state index < -0.39 is 26.9 Å². The van der Waals surface area contributed by atoms with E-state index >= 15 is 0 Å². The molecule has 0 radical (unpaired) electrons. The van der Waals surface area contributed by atoms with Crippen LogP contribution in [0.4, 0.5) is 11.4 Å². The second-order valence-corrected chi connectivity index (χ2v) is 7.57. The fourth-order valence-electron chi connectivity index (χ4n) is 2.27. The number of aryl methyl sites for hydroxylation is 1. The number of rotatable bonds is 6. The molecule has 0 aliphatic rings. The predicted molar refractivity (Wildman–Crippen MR) is 97.4 cm³/mol. The van der Waals surface area contributed by atoms with E-state index in [1.165, 1.54) is 44.2 Å². The van der Waals surface area contributed by atoms with Crippen LogP contribution in [0.15, 0.2) is 47.4 Å².